The van der Waals surface area contributed by atoms with E-state index in [0.717, 1.165) is 6.07 Å². The molecule has 1 atom stereocenters. The van der Waals surface area contributed by atoms with Gasteiger partial charge in [0.15, 0.2) is 5.76 Å². The SMILES string of the molecule is Cc1oc(C(=O)NC(C)CC(F)(F)F)cc1S(N)(=O)=O. The largest absolute Gasteiger partial charge is 0.455 e. The number of hydrogen-bond donors (Lipinski definition) is 2. The Morgan fingerprint density at radius 3 is 2.45 bits per heavy atom. The Morgan fingerprint density at radius 2 is 2.05 bits per heavy atom. The second kappa shape index (κ2) is 5.44. The summed E-state index contributed by atoms with van der Waals surface area (Å²) >= 11 is 0. The maximum atomic E-state index is 12.1. The molecule has 0 fully saturated rings. The normalized spacial score (nSPS) is 14.1. The smallest absolute Gasteiger partial charge is 0.391 e. The molecule has 0 aliphatic heterocycles. The highest BCUT2D eigenvalue weighted by Crippen LogP contribution is 2.22. The lowest BCUT2D eigenvalue weighted by atomic mass is 10.2. The number of primary sulfonamides is 1. The lowest BCUT2D eigenvalue weighted by molar-refractivity contribution is -0.138. The van der Waals surface area contributed by atoms with Crippen LogP contribution in [0.5, 0.6) is 0 Å². The van der Waals surface area contributed by atoms with Crippen LogP contribution in [-0.4, -0.2) is 26.5 Å². The number of hydrogen-bond acceptors (Lipinski definition) is 4. The Balaban J connectivity index is 2.84. The van der Waals surface area contributed by atoms with Crippen molar-refractivity contribution in [2.75, 3.05) is 0 Å². The van der Waals surface area contributed by atoms with Crippen LogP contribution in [0.25, 0.3) is 0 Å². The number of carbonyl (C=O) groups excluding carboxylic acids is 1. The molecular weight excluding hydrogens is 301 g/mol. The number of alkyl halides is 3. The number of rotatable bonds is 4. The van der Waals surface area contributed by atoms with Crippen molar-refractivity contribution >= 4 is 15.9 Å². The molecule has 0 saturated carbocycles. The standard InChI is InChI=1S/C10H13F3N2O4S/c1-5(4-10(11,12)13)15-9(16)7-3-8(6(2)19-7)20(14,17)18/h3,5H,4H2,1-2H3,(H,15,16)(H2,14,17,18). The average molecular weight is 314 g/mol. The topological polar surface area (TPSA) is 102 Å². The van der Waals surface area contributed by atoms with Gasteiger partial charge in [-0.2, -0.15) is 13.2 Å². The fourth-order valence-corrected chi connectivity index (χ4v) is 2.27. The molecule has 1 amide bonds. The summed E-state index contributed by atoms with van der Waals surface area (Å²) in [6.45, 7) is 2.44. The number of carbonyl (C=O) groups is 1. The maximum Gasteiger partial charge on any atom is 0.391 e. The van der Waals surface area contributed by atoms with E-state index in [1.165, 1.54) is 13.8 Å². The Hall–Kier alpha value is -1.55. The molecule has 0 saturated heterocycles. The van der Waals surface area contributed by atoms with Gasteiger partial charge in [-0.3, -0.25) is 4.79 Å². The molecule has 1 aromatic heterocycles. The summed E-state index contributed by atoms with van der Waals surface area (Å²) < 4.78 is 63.5. The molecule has 3 N–H and O–H groups in total. The number of nitrogens with one attached hydrogen (secondary N) is 1. The molecule has 0 bridgehead atoms. The number of sulfonamides is 1. The van der Waals surface area contributed by atoms with Gasteiger partial charge < -0.3 is 9.73 Å². The summed E-state index contributed by atoms with van der Waals surface area (Å²) in [5, 5.41) is 6.94. The number of halogens is 3. The molecule has 0 aliphatic rings. The fraction of sp³-hybridized carbons (Fsp3) is 0.500. The van der Waals surface area contributed by atoms with Gasteiger partial charge in [0, 0.05) is 12.1 Å². The summed E-state index contributed by atoms with van der Waals surface area (Å²) in [5.74, 6) is -1.47. The second-order valence-electron chi connectivity index (χ2n) is 4.27. The lowest BCUT2D eigenvalue weighted by Crippen LogP contribution is -2.35. The van der Waals surface area contributed by atoms with Crippen molar-refractivity contribution in [1.82, 2.24) is 5.32 Å². The molecule has 0 aromatic carbocycles. The van der Waals surface area contributed by atoms with Crippen molar-refractivity contribution in [2.24, 2.45) is 5.14 Å². The Morgan fingerprint density at radius 1 is 1.50 bits per heavy atom. The summed E-state index contributed by atoms with van der Waals surface area (Å²) in [6.07, 6.45) is -5.63. The molecule has 20 heavy (non-hydrogen) atoms. The predicted octanol–water partition coefficient (Wildman–Crippen LogP) is 1.31. The summed E-state index contributed by atoms with van der Waals surface area (Å²) in [5.41, 5.74) is 0. The van der Waals surface area contributed by atoms with Crippen molar-refractivity contribution in [3.63, 3.8) is 0 Å². The van der Waals surface area contributed by atoms with Gasteiger partial charge >= 0.3 is 6.18 Å². The van der Waals surface area contributed by atoms with Gasteiger partial charge in [0.25, 0.3) is 5.91 Å². The molecular formula is C10H13F3N2O4S. The van der Waals surface area contributed by atoms with Crippen LogP contribution in [0.3, 0.4) is 0 Å². The molecule has 0 radical (unpaired) electrons. The number of amides is 1. The average Bonchev–Trinajstić information content (AvgIpc) is 2.56. The van der Waals surface area contributed by atoms with Crippen LogP contribution in [0.2, 0.25) is 0 Å². The van der Waals surface area contributed by atoms with Crippen molar-refractivity contribution in [1.29, 1.82) is 0 Å². The zero-order valence-corrected chi connectivity index (χ0v) is 11.4. The summed E-state index contributed by atoms with van der Waals surface area (Å²) in [4.78, 5) is 11.2. The van der Waals surface area contributed by atoms with Gasteiger partial charge in [0.05, 0.1) is 6.42 Å². The second-order valence-corrected chi connectivity index (χ2v) is 5.80. The van der Waals surface area contributed by atoms with E-state index in [1.54, 1.807) is 0 Å². The monoisotopic (exact) mass is 314 g/mol. The first kappa shape index (κ1) is 16.5. The number of furan rings is 1. The van der Waals surface area contributed by atoms with E-state index in [0.29, 0.717) is 0 Å². The van der Waals surface area contributed by atoms with E-state index in [9.17, 15) is 26.4 Å². The highest BCUT2D eigenvalue weighted by molar-refractivity contribution is 7.89. The Kier molecular flexibility index (Phi) is 4.49. The van der Waals surface area contributed by atoms with Crippen LogP contribution in [0.15, 0.2) is 15.4 Å². The lowest BCUT2D eigenvalue weighted by Gasteiger charge is -2.14. The molecule has 1 heterocycles. The Bertz CT molecular complexity index is 607. The van der Waals surface area contributed by atoms with Crippen LogP contribution >= 0.6 is 0 Å². The van der Waals surface area contributed by atoms with Gasteiger partial charge in [0.1, 0.15) is 10.7 Å². The highest BCUT2D eigenvalue weighted by Gasteiger charge is 2.31. The molecule has 0 aliphatic carbocycles. The summed E-state index contributed by atoms with van der Waals surface area (Å²) in [6, 6.07) is -0.300. The zero-order valence-electron chi connectivity index (χ0n) is 10.6. The van der Waals surface area contributed by atoms with Gasteiger partial charge in [0.2, 0.25) is 10.0 Å². The van der Waals surface area contributed by atoms with E-state index < -0.39 is 40.3 Å². The third-order valence-electron chi connectivity index (χ3n) is 2.32. The van der Waals surface area contributed by atoms with Crippen LogP contribution in [0, 0.1) is 6.92 Å². The molecule has 1 rings (SSSR count). The molecule has 10 heteroatoms. The van der Waals surface area contributed by atoms with Gasteiger partial charge in [-0.05, 0) is 13.8 Å². The zero-order chi connectivity index (χ0) is 15.7. The minimum atomic E-state index is -4.42. The third kappa shape index (κ3) is 4.53. The predicted molar refractivity (Wildman–Crippen MR) is 62.4 cm³/mol. The van der Waals surface area contributed by atoms with Gasteiger partial charge in [-0.25, -0.2) is 13.6 Å². The molecule has 0 spiro atoms. The first-order chi connectivity index (χ1) is 8.90. The van der Waals surface area contributed by atoms with Crippen molar-refractivity contribution in [3.05, 3.63) is 17.6 Å². The quantitative estimate of drug-likeness (QED) is 0.874. The van der Waals surface area contributed by atoms with Crippen molar-refractivity contribution in [3.8, 4) is 0 Å². The number of nitrogens with two attached hydrogens (primary N) is 1. The van der Waals surface area contributed by atoms with Crippen LogP contribution < -0.4 is 10.5 Å². The van der Waals surface area contributed by atoms with E-state index in [4.69, 9.17) is 9.56 Å². The molecule has 1 unspecified atom stereocenters. The van der Waals surface area contributed by atoms with Crippen LogP contribution in [0.4, 0.5) is 13.2 Å². The molecule has 1 aromatic rings. The maximum absolute atomic E-state index is 12.1. The highest BCUT2D eigenvalue weighted by atomic mass is 32.2. The minimum Gasteiger partial charge on any atom is -0.455 e. The van der Waals surface area contributed by atoms with Crippen molar-refractivity contribution < 1.29 is 30.8 Å². The molecule has 114 valence electrons. The van der Waals surface area contributed by atoms with Crippen LogP contribution in [-0.2, 0) is 10.0 Å². The van der Waals surface area contributed by atoms with E-state index in [2.05, 4.69) is 5.32 Å². The third-order valence-corrected chi connectivity index (χ3v) is 3.34. The van der Waals surface area contributed by atoms with Gasteiger partial charge in [-0.15, -0.1) is 0 Å². The van der Waals surface area contributed by atoms with E-state index in [1.807, 2.05) is 0 Å². The van der Waals surface area contributed by atoms with Crippen LogP contribution in [0.1, 0.15) is 29.7 Å². The molecule has 6 nitrogen and oxygen atoms in total. The minimum absolute atomic E-state index is 0.110. The number of aryl methyl sites for hydroxylation is 1. The van der Waals surface area contributed by atoms with E-state index in [-0.39, 0.29) is 10.7 Å². The first-order valence-corrected chi connectivity index (χ1v) is 6.95. The van der Waals surface area contributed by atoms with Gasteiger partial charge in [-0.1, -0.05) is 0 Å². The summed E-state index contributed by atoms with van der Waals surface area (Å²) in [7, 11) is -4.06. The Labute approximate surface area is 113 Å². The van der Waals surface area contributed by atoms with Crippen molar-refractivity contribution in [2.45, 2.75) is 37.4 Å². The first-order valence-electron chi connectivity index (χ1n) is 5.41. The van der Waals surface area contributed by atoms with E-state index >= 15 is 0 Å². The fourth-order valence-electron chi connectivity index (χ4n) is 1.55.